The van der Waals surface area contributed by atoms with Crippen LogP contribution in [0.1, 0.15) is 12.8 Å². The van der Waals surface area contributed by atoms with E-state index in [4.69, 9.17) is 0 Å². The highest BCUT2D eigenvalue weighted by Crippen LogP contribution is 2.32. The molecule has 0 aromatic carbocycles. The number of ether oxygens (including phenoxy) is 1. The van der Waals surface area contributed by atoms with Crippen molar-refractivity contribution in [1.29, 1.82) is 0 Å². The van der Waals surface area contributed by atoms with Gasteiger partial charge in [-0.2, -0.15) is 4.39 Å². The van der Waals surface area contributed by atoms with Crippen LogP contribution < -0.4 is 0 Å². The summed E-state index contributed by atoms with van der Waals surface area (Å²) in [5.41, 5.74) is 0. The Labute approximate surface area is 84.0 Å². The van der Waals surface area contributed by atoms with Gasteiger partial charge in [0.1, 0.15) is 6.04 Å². The zero-order valence-electron chi connectivity index (χ0n) is 8.00. The highest BCUT2D eigenvalue weighted by molar-refractivity contribution is 5.81. The minimum absolute atomic E-state index is 0.389. The molecule has 86 valence electrons. The topological polar surface area (TPSA) is 46.6 Å². The molecule has 1 heterocycles. The van der Waals surface area contributed by atoms with E-state index < -0.39 is 36.9 Å². The lowest BCUT2D eigenvalue weighted by molar-refractivity contribution is -0.143. The lowest BCUT2D eigenvalue weighted by Gasteiger charge is -2.35. The Morgan fingerprint density at radius 1 is 1.47 bits per heavy atom. The largest absolute Gasteiger partial charge is 0.453 e. The molecule has 0 aliphatic carbocycles. The molecule has 0 aromatic heterocycles. The second kappa shape index (κ2) is 4.08. The van der Waals surface area contributed by atoms with Crippen LogP contribution in [0.25, 0.3) is 0 Å². The van der Waals surface area contributed by atoms with Gasteiger partial charge in [-0.25, -0.2) is 13.6 Å². The molecule has 1 amide bonds. The van der Waals surface area contributed by atoms with Gasteiger partial charge in [-0.1, -0.05) is 0 Å². The van der Waals surface area contributed by atoms with Crippen molar-refractivity contribution in [2.24, 2.45) is 0 Å². The van der Waals surface area contributed by atoms with Crippen LogP contribution in [0.15, 0.2) is 0 Å². The molecule has 0 saturated carbocycles. The Morgan fingerprint density at radius 2 is 2.07 bits per heavy atom. The Balaban J connectivity index is 2.81. The Hall–Kier alpha value is -1.27. The van der Waals surface area contributed by atoms with Crippen molar-refractivity contribution in [2.75, 3.05) is 13.7 Å². The summed E-state index contributed by atoms with van der Waals surface area (Å²) in [5.74, 6) is -3.11. The summed E-state index contributed by atoms with van der Waals surface area (Å²) >= 11 is 0. The molecule has 1 aliphatic rings. The third-order valence-corrected chi connectivity index (χ3v) is 2.26. The second-order valence-electron chi connectivity index (χ2n) is 3.29. The third kappa shape index (κ3) is 2.60. The maximum atomic E-state index is 12.9. The Kier molecular flexibility index (Phi) is 3.21. The van der Waals surface area contributed by atoms with Gasteiger partial charge in [0.05, 0.1) is 7.11 Å². The van der Waals surface area contributed by atoms with Crippen molar-refractivity contribution in [3.63, 3.8) is 0 Å². The molecule has 0 N–H and O–H groups in total. The highest BCUT2D eigenvalue weighted by Gasteiger charge is 2.45. The van der Waals surface area contributed by atoms with E-state index >= 15 is 0 Å². The number of nitrogens with zero attached hydrogens (tertiary/aromatic N) is 1. The quantitative estimate of drug-likeness (QED) is 0.633. The molecular weight excluding hydrogens is 215 g/mol. The van der Waals surface area contributed by atoms with E-state index in [1.807, 2.05) is 0 Å². The third-order valence-electron chi connectivity index (χ3n) is 2.26. The van der Waals surface area contributed by atoms with E-state index in [9.17, 15) is 22.8 Å². The van der Waals surface area contributed by atoms with Gasteiger partial charge in [0.15, 0.2) is 0 Å². The number of alkyl halides is 2. The lowest BCUT2D eigenvalue weighted by atomic mass is 9.99. The summed E-state index contributed by atoms with van der Waals surface area (Å²) in [4.78, 5) is 22.2. The molecule has 1 aliphatic heterocycles. The second-order valence-corrected chi connectivity index (χ2v) is 3.29. The first-order chi connectivity index (χ1) is 6.87. The number of hydrogen-bond acceptors (Lipinski definition) is 3. The lowest BCUT2D eigenvalue weighted by Crippen LogP contribution is -2.52. The Bertz CT molecular complexity index is 282. The molecule has 0 unspecified atom stereocenters. The summed E-state index contributed by atoms with van der Waals surface area (Å²) in [5, 5.41) is 0. The number of carbonyl (C=O) groups excluding carboxylic acids is 2. The van der Waals surface area contributed by atoms with E-state index in [1.54, 1.807) is 0 Å². The fourth-order valence-corrected chi connectivity index (χ4v) is 1.47. The van der Waals surface area contributed by atoms with Crippen molar-refractivity contribution < 1.29 is 27.5 Å². The van der Waals surface area contributed by atoms with E-state index in [1.165, 1.54) is 0 Å². The van der Waals surface area contributed by atoms with Gasteiger partial charge in [0.2, 0.25) is 0 Å². The molecule has 0 aromatic rings. The van der Waals surface area contributed by atoms with Crippen LogP contribution in [0.2, 0.25) is 0 Å². The Morgan fingerprint density at radius 3 is 2.53 bits per heavy atom. The monoisotopic (exact) mass is 225 g/mol. The maximum Gasteiger partial charge on any atom is 0.410 e. The fourth-order valence-electron chi connectivity index (χ4n) is 1.47. The molecule has 7 heteroatoms. The summed E-state index contributed by atoms with van der Waals surface area (Å²) in [6, 6.07) is -3.68. The van der Waals surface area contributed by atoms with Crippen LogP contribution in [0, 0.1) is 0 Å². The number of amides is 1. The average Bonchev–Trinajstić information content (AvgIpc) is 2.15. The van der Waals surface area contributed by atoms with Crippen molar-refractivity contribution in [1.82, 2.24) is 4.90 Å². The van der Waals surface area contributed by atoms with Gasteiger partial charge in [-0.05, 0) is 0 Å². The van der Waals surface area contributed by atoms with Gasteiger partial charge >= 0.3 is 12.1 Å². The molecule has 1 atom stereocenters. The molecule has 1 saturated heterocycles. The SMILES string of the molecule is COC(=O)N1CCC(F)(F)C[C@H]1C(=O)F. The van der Waals surface area contributed by atoms with Crippen LogP contribution in [0.4, 0.5) is 18.0 Å². The molecule has 0 bridgehead atoms. The highest BCUT2D eigenvalue weighted by atomic mass is 19.3. The number of likely N-dealkylation sites (tertiary alicyclic amines) is 1. The molecule has 1 rings (SSSR count). The number of hydrogen-bond donors (Lipinski definition) is 0. The number of carbonyl (C=O) groups is 2. The van der Waals surface area contributed by atoms with Crippen LogP contribution in [-0.4, -0.2) is 42.6 Å². The van der Waals surface area contributed by atoms with E-state index in [-0.39, 0.29) is 6.54 Å². The number of methoxy groups -OCH3 is 1. The first-order valence-electron chi connectivity index (χ1n) is 4.29. The van der Waals surface area contributed by atoms with Crippen molar-refractivity contribution >= 4 is 12.1 Å². The van der Waals surface area contributed by atoms with Gasteiger partial charge in [0, 0.05) is 19.4 Å². The summed E-state index contributed by atoms with van der Waals surface area (Å²) in [7, 11) is 1.04. The molecule has 15 heavy (non-hydrogen) atoms. The molecule has 0 radical (unpaired) electrons. The average molecular weight is 225 g/mol. The molecule has 4 nitrogen and oxygen atoms in total. The summed E-state index contributed by atoms with van der Waals surface area (Å²) < 4.78 is 42.4. The van der Waals surface area contributed by atoms with Crippen LogP contribution in [0.5, 0.6) is 0 Å². The van der Waals surface area contributed by atoms with Gasteiger partial charge in [-0.15, -0.1) is 0 Å². The van der Waals surface area contributed by atoms with Gasteiger partial charge < -0.3 is 4.74 Å². The van der Waals surface area contributed by atoms with Crippen LogP contribution in [-0.2, 0) is 9.53 Å². The minimum atomic E-state index is -3.11. The zero-order valence-corrected chi connectivity index (χ0v) is 8.00. The smallest absolute Gasteiger partial charge is 0.410 e. The number of halogens is 3. The van der Waals surface area contributed by atoms with Crippen molar-refractivity contribution in [3.05, 3.63) is 0 Å². The number of piperidine rings is 1. The zero-order chi connectivity index (χ0) is 11.6. The molecule has 1 fully saturated rings. The van der Waals surface area contributed by atoms with E-state index in [2.05, 4.69) is 4.74 Å². The number of rotatable bonds is 1. The predicted octanol–water partition coefficient (Wildman–Crippen LogP) is 1.35. The normalized spacial score (nSPS) is 24.8. The first kappa shape index (κ1) is 11.8. The van der Waals surface area contributed by atoms with Gasteiger partial charge in [-0.3, -0.25) is 9.69 Å². The van der Waals surface area contributed by atoms with E-state index in [0.29, 0.717) is 4.90 Å². The van der Waals surface area contributed by atoms with Crippen molar-refractivity contribution in [2.45, 2.75) is 24.8 Å². The minimum Gasteiger partial charge on any atom is -0.453 e. The standard InChI is InChI=1S/C8H10F3NO3/c1-15-7(14)12-3-2-8(10,11)4-5(12)6(9)13/h5H,2-4H2,1H3/t5-/m0/s1. The van der Waals surface area contributed by atoms with Crippen molar-refractivity contribution in [3.8, 4) is 0 Å². The summed E-state index contributed by atoms with van der Waals surface area (Å²) in [6.07, 6.45) is -2.55. The van der Waals surface area contributed by atoms with Crippen LogP contribution >= 0.6 is 0 Å². The first-order valence-corrected chi connectivity index (χ1v) is 4.29. The fraction of sp³-hybridized carbons (Fsp3) is 0.750. The molecule has 0 spiro atoms. The molecular formula is C8H10F3NO3. The predicted molar refractivity (Wildman–Crippen MR) is 43.2 cm³/mol. The maximum absolute atomic E-state index is 12.9. The van der Waals surface area contributed by atoms with Gasteiger partial charge in [0.25, 0.3) is 5.92 Å². The summed E-state index contributed by atoms with van der Waals surface area (Å²) in [6.45, 7) is -0.389. The van der Waals surface area contributed by atoms with E-state index in [0.717, 1.165) is 7.11 Å². The van der Waals surface area contributed by atoms with Crippen LogP contribution in [0.3, 0.4) is 0 Å².